The number of rotatable bonds is 6. The molecule has 0 saturated carbocycles. The van der Waals surface area contributed by atoms with E-state index in [1.54, 1.807) is 13.3 Å². The van der Waals surface area contributed by atoms with E-state index in [4.69, 9.17) is 4.74 Å². The topological polar surface area (TPSA) is 47.3 Å². The Morgan fingerprint density at radius 1 is 1.44 bits per heavy atom. The van der Waals surface area contributed by atoms with Crippen molar-refractivity contribution >= 4 is 15.9 Å². The molecular formula is C13H23BrN2O2. The maximum atomic E-state index is 10.7. The van der Waals surface area contributed by atoms with Crippen LogP contribution in [0.3, 0.4) is 0 Å². The van der Waals surface area contributed by atoms with Gasteiger partial charge in [-0.05, 0) is 42.6 Å². The van der Waals surface area contributed by atoms with Gasteiger partial charge in [0.05, 0.1) is 22.0 Å². The highest BCUT2D eigenvalue weighted by Crippen LogP contribution is 2.38. The largest absolute Gasteiger partial charge is 0.384 e. The molecule has 0 spiro atoms. The lowest BCUT2D eigenvalue weighted by atomic mass is 9.88. The van der Waals surface area contributed by atoms with Gasteiger partial charge in [-0.3, -0.25) is 4.68 Å². The minimum atomic E-state index is -0.697. The summed E-state index contributed by atoms with van der Waals surface area (Å²) in [6.07, 6.45) is 2.52. The Morgan fingerprint density at radius 3 is 2.39 bits per heavy atom. The third-order valence-corrected chi connectivity index (χ3v) is 4.25. The molecule has 1 atom stereocenters. The molecule has 0 aliphatic rings. The number of hydrogen-bond acceptors (Lipinski definition) is 3. The van der Waals surface area contributed by atoms with Crippen molar-refractivity contribution in [3.8, 4) is 0 Å². The zero-order valence-electron chi connectivity index (χ0n) is 11.8. The van der Waals surface area contributed by atoms with Crippen LogP contribution in [-0.4, -0.2) is 27.6 Å². The maximum absolute atomic E-state index is 10.7. The van der Waals surface area contributed by atoms with Gasteiger partial charge < -0.3 is 9.84 Å². The van der Waals surface area contributed by atoms with Crippen LogP contribution in [0.25, 0.3) is 0 Å². The molecule has 18 heavy (non-hydrogen) atoms. The van der Waals surface area contributed by atoms with Crippen molar-refractivity contribution in [1.29, 1.82) is 0 Å². The molecule has 1 N–H and O–H groups in total. The molecule has 1 heterocycles. The number of ether oxygens (including phenoxy) is 1. The van der Waals surface area contributed by atoms with Crippen LogP contribution in [0.5, 0.6) is 0 Å². The zero-order chi connectivity index (χ0) is 13.9. The summed E-state index contributed by atoms with van der Waals surface area (Å²) in [5.74, 6) is 0. The fraction of sp³-hybridized carbons (Fsp3) is 0.769. The predicted octanol–water partition coefficient (Wildman–Crippen LogP) is 3.47. The van der Waals surface area contributed by atoms with E-state index in [-0.39, 0.29) is 6.04 Å². The van der Waals surface area contributed by atoms with Gasteiger partial charge in [0.2, 0.25) is 0 Å². The van der Waals surface area contributed by atoms with Gasteiger partial charge in [-0.2, -0.15) is 5.10 Å². The second-order valence-electron chi connectivity index (χ2n) is 4.79. The first-order valence-corrected chi connectivity index (χ1v) is 7.18. The second-order valence-corrected chi connectivity index (χ2v) is 5.65. The highest BCUT2D eigenvalue weighted by molar-refractivity contribution is 9.10. The average Bonchev–Trinajstić information content (AvgIpc) is 2.74. The van der Waals surface area contributed by atoms with E-state index < -0.39 is 11.7 Å². The van der Waals surface area contributed by atoms with Crippen molar-refractivity contribution in [3.05, 3.63) is 16.4 Å². The summed E-state index contributed by atoms with van der Waals surface area (Å²) in [6, 6.07) is 0.198. The van der Waals surface area contributed by atoms with E-state index >= 15 is 0 Å². The monoisotopic (exact) mass is 318 g/mol. The van der Waals surface area contributed by atoms with Gasteiger partial charge in [-0.25, -0.2) is 0 Å². The fourth-order valence-corrected chi connectivity index (χ4v) is 2.79. The number of hydrogen-bond donors (Lipinski definition) is 1. The second kappa shape index (κ2) is 6.17. The van der Waals surface area contributed by atoms with Crippen molar-refractivity contribution in [1.82, 2.24) is 9.78 Å². The normalized spacial score (nSPS) is 14.2. The number of nitrogens with zero attached hydrogens (tertiary/aromatic N) is 2. The van der Waals surface area contributed by atoms with Crippen LogP contribution < -0.4 is 0 Å². The van der Waals surface area contributed by atoms with E-state index in [1.807, 2.05) is 32.4 Å². The van der Waals surface area contributed by atoms with Gasteiger partial charge >= 0.3 is 0 Å². The summed E-state index contributed by atoms with van der Waals surface area (Å²) in [6.45, 7) is 8.14. The molecule has 1 rings (SSSR count). The first-order chi connectivity index (χ1) is 8.43. The molecule has 0 aliphatic heterocycles. The molecule has 0 aromatic carbocycles. The van der Waals surface area contributed by atoms with Crippen LogP contribution in [0, 0.1) is 0 Å². The third kappa shape index (κ3) is 2.63. The minimum absolute atomic E-state index is 0.198. The third-order valence-electron chi connectivity index (χ3n) is 3.64. The van der Waals surface area contributed by atoms with Crippen molar-refractivity contribution in [2.45, 2.75) is 58.3 Å². The summed E-state index contributed by atoms with van der Waals surface area (Å²) in [7, 11) is 1.65. The molecule has 5 heteroatoms. The van der Waals surface area contributed by atoms with Crippen LogP contribution in [0.4, 0.5) is 0 Å². The van der Waals surface area contributed by atoms with Crippen LogP contribution in [0.1, 0.15) is 58.4 Å². The van der Waals surface area contributed by atoms with Gasteiger partial charge in [0.25, 0.3) is 0 Å². The molecule has 0 amide bonds. The first kappa shape index (κ1) is 15.7. The Morgan fingerprint density at radius 2 is 2.00 bits per heavy atom. The van der Waals surface area contributed by atoms with E-state index in [9.17, 15) is 5.11 Å². The molecule has 0 bridgehead atoms. The predicted molar refractivity (Wildman–Crippen MR) is 75.6 cm³/mol. The quantitative estimate of drug-likeness (QED) is 0.873. The highest BCUT2D eigenvalue weighted by atomic mass is 79.9. The number of aliphatic hydroxyl groups excluding tert-OH is 1. The van der Waals surface area contributed by atoms with E-state index in [2.05, 4.69) is 21.0 Å². The van der Waals surface area contributed by atoms with Gasteiger partial charge in [0, 0.05) is 13.2 Å². The Balaban J connectivity index is 3.24. The van der Waals surface area contributed by atoms with E-state index in [0.29, 0.717) is 0 Å². The maximum Gasteiger partial charge on any atom is 0.126 e. The Hall–Kier alpha value is -0.390. The molecule has 104 valence electrons. The minimum Gasteiger partial charge on any atom is -0.384 e. The highest BCUT2D eigenvalue weighted by Gasteiger charge is 2.39. The van der Waals surface area contributed by atoms with Crippen LogP contribution in [-0.2, 0) is 4.74 Å². The summed E-state index contributed by atoms with van der Waals surface area (Å²) in [5, 5.41) is 15.0. The van der Waals surface area contributed by atoms with E-state index in [0.717, 1.165) is 23.0 Å². The van der Waals surface area contributed by atoms with Gasteiger partial charge in [0.15, 0.2) is 0 Å². The molecule has 0 saturated heterocycles. The summed E-state index contributed by atoms with van der Waals surface area (Å²) < 4.78 is 8.27. The molecule has 4 nitrogen and oxygen atoms in total. The van der Waals surface area contributed by atoms with Crippen molar-refractivity contribution < 1.29 is 9.84 Å². The zero-order valence-corrected chi connectivity index (χ0v) is 13.4. The Labute approximate surface area is 117 Å². The van der Waals surface area contributed by atoms with Crippen molar-refractivity contribution in [3.63, 3.8) is 0 Å². The van der Waals surface area contributed by atoms with Gasteiger partial charge in [-0.15, -0.1) is 0 Å². The molecule has 0 fully saturated rings. The number of methoxy groups -OCH3 is 1. The molecule has 1 aromatic rings. The summed E-state index contributed by atoms with van der Waals surface area (Å²) in [5.41, 5.74) is 0.227. The van der Waals surface area contributed by atoms with Crippen LogP contribution in [0.15, 0.2) is 10.7 Å². The van der Waals surface area contributed by atoms with Crippen molar-refractivity contribution in [2.24, 2.45) is 0 Å². The Bertz CT molecular complexity index is 378. The lowest BCUT2D eigenvalue weighted by Crippen LogP contribution is -2.38. The van der Waals surface area contributed by atoms with Crippen LogP contribution in [0.2, 0.25) is 0 Å². The number of halogens is 1. The first-order valence-electron chi connectivity index (χ1n) is 6.39. The fourth-order valence-electron chi connectivity index (χ4n) is 2.30. The standard InChI is InChI=1S/C13H23BrN2O2/c1-6-13(7-2,18-5)12(17)11-10(14)8-15-16(11)9(3)4/h8-9,12,17H,6-7H2,1-5H3. The van der Waals surface area contributed by atoms with Crippen molar-refractivity contribution in [2.75, 3.05) is 7.11 Å². The Kier molecular flexibility index (Phi) is 5.37. The molecule has 0 aliphatic carbocycles. The lowest BCUT2D eigenvalue weighted by Gasteiger charge is -2.36. The average molecular weight is 319 g/mol. The van der Waals surface area contributed by atoms with E-state index in [1.165, 1.54) is 0 Å². The molecule has 1 unspecified atom stereocenters. The number of aromatic nitrogens is 2. The summed E-state index contributed by atoms with van der Waals surface area (Å²) >= 11 is 3.47. The molecule has 1 aromatic heterocycles. The summed E-state index contributed by atoms with van der Waals surface area (Å²) in [4.78, 5) is 0. The lowest BCUT2D eigenvalue weighted by molar-refractivity contribution is -0.113. The molecule has 0 radical (unpaired) electrons. The SMILES string of the molecule is CCC(CC)(OC)C(O)c1c(Br)cnn1C(C)C. The smallest absolute Gasteiger partial charge is 0.126 e. The van der Waals surface area contributed by atoms with Crippen LogP contribution >= 0.6 is 15.9 Å². The van der Waals surface area contributed by atoms with Gasteiger partial charge in [0.1, 0.15) is 6.10 Å². The molecular weight excluding hydrogens is 296 g/mol. The number of aliphatic hydroxyl groups is 1. The van der Waals surface area contributed by atoms with Gasteiger partial charge in [-0.1, -0.05) is 13.8 Å².